The number of hydrogen-bond acceptors (Lipinski definition) is 2. The van der Waals surface area contributed by atoms with Crippen LogP contribution < -0.4 is 17.2 Å². The van der Waals surface area contributed by atoms with Crippen LogP contribution in [0.3, 0.4) is 0 Å². The normalized spacial score (nSPS) is 12.1. The van der Waals surface area contributed by atoms with Crippen LogP contribution in [0.15, 0.2) is 35.3 Å². The summed E-state index contributed by atoms with van der Waals surface area (Å²) in [6.45, 7) is 0. The monoisotopic (exact) mass is 178 g/mol. The van der Waals surface area contributed by atoms with E-state index in [4.69, 9.17) is 17.2 Å². The number of nitrogens with zero attached hydrogens (tertiary/aromatic N) is 1. The third-order valence-electron chi connectivity index (χ3n) is 1.60. The fraction of sp³-hybridized carbons (Fsp3) is 0.222. The van der Waals surface area contributed by atoms with Gasteiger partial charge in [-0.15, -0.1) is 0 Å². The van der Waals surface area contributed by atoms with E-state index in [0.29, 0.717) is 6.42 Å². The Morgan fingerprint density at radius 2 is 1.85 bits per heavy atom. The van der Waals surface area contributed by atoms with Crippen LogP contribution in [0.5, 0.6) is 0 Å². The molecule has 4 nitrogen and oxygen atoms in total. The van der Waals surface area contributed by atoms with Gasteiger partial charge in [0, 0.05) is 6.42 Å². The van der Waals surface area contributed by atoms with Crippen LogP contribution in [0.4, 0.5) is 0 Å². The number of nitrogens with two attached hydrogens (primary N) is 3. The summed E-state index contributed by atoms with van der Waals surface area (Å²) in [7, 11) is 0. The van der Waals surface area contributed by atoms with Crippen LogP contribution in [0, 0.1) is 0 Å². The smallest absolute Gasteiger partial charge is 0.187 e. The molecular formula is C9H14N4. The lowest BCUT2D eigenvalue weighted by Crippen LogP contribution is -2.30. The van der Waals surface area contributed by atoms with Gasteiger partial charge in [0.1, 0.15) is 6.17 Å². The molecule has 1 aromatic rings. The molecule has 13 heavy (non-hydrogen) atoms. The largest absolute Gasteiger partial charge is 0.370 e. The first-order valence-corrected chi connectivity index (χ1v) is 4.06. The van der Waals surface area contributed by atoms with Gasteiger partial charge < -0.3 is 17.2 Å². The van der Waals surface area contributed by atoms with E-state index in [1.165, 1.54) is 0 Å². The second-order valence-corrected chi connectivity index (χ2v) is 2.81. The third kappa shape index (κ3) is 3.57. The summed E-state index contributed by atoms with van der Waals surface area (Å²) in [5.41, 5.74) is 17.2. The summed E-state index contributed by atoms with van der Waals surface area (Å²) >= 11 is 0. The van der Waals surface area contributed by atoms with Crippen molar-refractivity contribution in [2.75, 3.05) is 0 Å². The average molecular weight is 178 g/mol. The van der Waals surface area contributed by atoms with Crippen LogP contribution in [-0.4, -0.2) is 12.1 Å². The Morgan fingerprint density at radius 1 is 1.23 bits per heavy atom. The minimum atomic E-state index is -0.354. The first-order chi connectivity index (χ1) is 6.18. The second kappa shape index (κ2) is 4.47. The van der Waals surface area contributed by atoms with Gasteiger partial charge >= 0.3 is 0 Å². The summed E-state index contributed by atoms with van der Waals surface area (Å²) in [5, 5.41) is 0. The van der Waals surface area contributed by atoms with E-state index < -0.39 is 0 Å². The van der Waals surface area contributed by atoms with E-state index in [1.54, 1.807) is 0 Å². The third-order valence-corrected chi connectivity index (χ3v) is 1.60. The van der Waals surface area contributed by atoms with E-state index in [-0.39, 0.29) is 12.1 Å². The fourth-order valence-electron chi connectivity index (χ4n) is 1.09. The lowest BCUT2D eigenvalue weighted by Gasteiger charge is -2.06. The zero-order chi connectivity index (χ0) is 9.68. The first kappa shape index (κ1) is 9.54. The van der Waals surface area contributed by atoms with Crippen molar-refractivity contribution in [3.63, 3.8) is 0 Å². The van der Waals surface area contributed by atoms with Crippen molar-refractivity contribution in [1.29, 1.82) is 0 Å². The highest BCUT2D eigenvalue weighted by molar-refractivity contribution is 5.75. The molecule has 0 amide bonds. The van der Waals surface area contributed by atoms with Gasteiger partial charge in [0.2, 0.25) is 0 Å². The lowest BCUT2D eigenvalue weighted by molar-refractivity contribution is 0.703. The molecule has 70 valence electrons. The quantitative estimate of drug-likeness (QED) is 0.441. The molecule has 0 heterocycles. The Kier molecular flexibility index (Phi) is 3.28. The van der Waals surface area contributed by atoms with Crippen molar-refractivity contribution in [3.05, 3.63) is 35.9 Å². The second-order valence-electron chi connectivity index (χ2n) is 2.81. The standard InChI is InChI=1S/C9H14N4/c10-8(13-9(11)12)6-7-4-2-1-3-5-7/h1-5,8H,6,10H2,(H4,11,12,13). The first-order valence-electron chi connectivity index (χ1n) is 4.06. The van der Waals surface area contributed by atoms with Crippen LogP contribution in [0.1, 0.15) is 5.56 Å². The molecule has 0 saturated heterocycles. The Labute approximate surface area is 77.4 Å². The summed E-state index contributed by atoms with van der Waals surface area (Å²) in [6, 6.07) is 9.84. The Hall–Kier alpha value is -1.55. The van der Waals surface area contributed by atoms with E-state index in [1.807, 2.05) is 30.3 Å². The number of hydrogen-bond donors (Lipinski definition) is 3. The predicted octanol–water partition coefficient (Wildman–Crippen LogP) is -0.213. The van der Waals surface area contributed by atoms with Crippen LogP contribution in [0.2, 0.25) is 0 Å². The van der Waals surface area contributed by atoms with Crippen molar-refractivity contribution < 1.29 is 0 Å². The highest BCUT2D eigenvalue weighted by atomic mass is 15.1. The maximum atomic E-state index is 5.66. The van der Waals surface area contributed by atoms with E-state index in [0.717, 1.165) is 5.56 Å². The van der Waals surface area contributed by atoms with E-state index >= 15 is 0 Å². The van der Waals surface area contributed by atoms with Crippen LogP contribution in [-0.2, 0) is 6.42 Å². The lowest BCUT2D eigenvalue weighted by atomic mass is 10.1. The molecule has 0 aliphatic heterocycles. The summed E-state index contributed by atoms with van der Waals surface area (Å²) < 4.78 is 0. The minimum absolute atomic E-state index is 0.0310. The molecule has 0 aliphatic carbocycles. The molecule has 0 radical (unpaired) electrons. The zero-order valence-corrected chi connectivity index (χ0v) is 7.35. The molecule has 0 aliphatic rings. The van der Waals surface area contributed by atoms with Crippen LogP contribution >= 0.6 is 0 Å². The molecular weight excluding hydrogens is 164 g/mol. The molecule has 4 heteroatoms. The number of aliphatic imine (C=N–C) groups is 1. The summed E-state index contributed by atoms with van der Waals surface area (Å²) in [5.74, 6) is 0.0310. The Morgan fingerprint density at radius 3 is 2.38 bits per heavy atom. The molecule has 1 unspecified atom stereocenters. The fourth-order valence-corrected chi connectivity index (χ4v) is 1.09. The van der Waals surface area contributed by atoms with Gasteiger partial charge in [-0.25, -0.2) is 4.99 Å². The Bertz CT molecular complexity index is 277. The van der Waals surface area contributed by atoms with Crippen molar-refractivity contribution in [2.45, 2.75) is 12.6 Å². The van der Waals surface area contributed by atoms with Crippen molar-refractivity contribution >= 4 is 5.96 Å². The highest BCUT2D eigenvalue weighted by Gasteiger charge is 2.00. The van der Waals surface area contributed by atoms with Gasteiger partial charge in [-0.3, -0.25) is 0 Å². The van der Waals surface area contributed by atoms with Gasteiger partial charge in [-0.1, -0.05) is 30.3 Å². The molecule has 0 saturated carbocycles. The number of rotatable bonds is 3. The molecule has 1 rings (SSSR count). The molecule has 0 fully saturated rings. The number of guanidine groups is 1. The maximum absolute atomic E-state index is 5.66. The predicted molar refractivity (Wildman–Crippen MR) is 53.9 cm³/mol. The van der Waals surface area contributed by atoms with Crippen LogP contribution in [0.25, 0.3) is 0 Å². The number of benzene rings is 1. The average Bonchev–Trinajstić information content (AvgIpc) is 2.04. The molecule has 6 N–H and O–H groups in total. The topological polar surface area (TPSA) is 90.4 Å². The molecule has 0 bridgehead atoms. The van der Waals surface area contributed by atoms with Gasteiger partial charge in [0.15, 0.2) is 5.96 Å². The van der Waals surface area contributed by atoms with Gasteiger partial charge in [0.25, 0.3) is 0 Å². The van der Waals surface area contributed by atoms with Crippen molar-refractivity contribution in [3.8, 4) is 0 Å². The minimum Gasteiger partial charge on any atom is -0.370 e. The zero-order valence-electron chi connectivity index (χ0n) is 7.35. The summed E-state index contributed by atoms with van der Waals surface area (Å²) in [6.07, 6.45) is 0.297. The van der Waals surface area contributed by atoms with Crippen molar-refractivity contribution in [2.24, 2.45) is 22.2 Å². The Balaban J connectivity index is 2.55. The van der Waals surface area contributed by atoms with Gasteiger partial charge in [-0.05, 0) is 5.56 Å². The highest BCUT2D eigenvalue weighted by Crippen LogP contribution is 2.01. The molecule has 0 spiro atoms. The van der Waals surface area contributed by atoms with Gasteiger partial charge in [0.05, 0.1) is 0 Å². The molecule has 1 aromatic carbocycles. The SMILES string of the molecule is NC(N)=NC(N)Cc1ccccc1. The van der Waals surface area contributed by atoms with E-state index in [2.05, 4.69) is 4.99 Å². The maximum Gasteiger partial charge on any atom is 0.187 e. The van der Waals surface area contributed by atoms with E-state index in [9.17, 15) is 0 Å². The van der Waals surface area contributed by atoms with Crippen molar-refractivity contribution in [1.82, 2.24) is 0 Å². The molecule has 0 aromatic heterocycles. The molecule has 1 atom stereocenters. The summed E-state index contributed by atoms with van der Waals surface area (Å²) in [4.78, 5) is 3.82. The van der Waals surface area contributed by atoms with Gasteiger partial charge in [-0.2, -0.15) is 0 Å².